The number of hydrogen-bond donors (Lipinski definition) is 1. The molecule has 2 rings (SSSR count). The Morgan fingerprint density at radius 2 is 1.96 bits per heavy atom. The van der Waals surface area contributed by atoms with Crippen molar-refractivity contribution in [2.45, 2.75) is 50.5 Å². The molecule has 0 saturated heterocycles. The molecule has 0 unspecified atom stereocenters. The Labute approximate surface area is 147 Å². The molecule has 0 amide bonds. The van der Waals surface area contributed by atoms with Crippen LogP contribution in [-0.4, -0.2) is 19.4 Å². The summed E-state index contributed by atoms with van der Waals surface area (Å²) in [6.45, 7) is 3.99. The number of pyridine rings is 1. The fourth-order valence-corrected chi connectivity index (χ4v) is 4.14. The number of aromatic nitrogens is 1. The Morgan fingerprint density at radius 1 is 1.22 bits per heavy atom. The molecule has 0 spiro atoms. The Morgan fingerprint density at radius 3 is 2.65 bits per heavy atom. The second-order valence-corrected chi connectivity index (χ2v) is 8.10. The maximum Gasteiger partial charge on any atom is 0.240 e. The number of benzene rings is 1. The lowest BCUT2D eigenvalue weighted by molar-refractivity contribution is 0.527. The van der Waals surface area contributed by atoms with Crippen molar-refractivity contribution in [2.24, 2.45) is 0 Å². The highest BCUT2D eigenvalue weighted by molar-refractivity contribution is 7.89. The number of nitrogens with zero attached hydrogens (tertiary/aromatic N) is 1. The largest absolute Gasteiger partial charge is 0.242 e. The Hall–Kier alpha value is -0.880. The smallest absolute Gasteiger partial charge is 0.240 e. The molecule has 7 heteroatoms. The molecule has 0 aliphatic heterocycles. The molecule has 4 nitrogen and oxygen atoms in total. The van der Waals surface area contributed by atoms with Gasteiger partial charge in [-0.15, -0.1) is 0 Å². The number of rotatable bonds is 7. The molecule has 0 aliphatic carbocycles. The van der Waals surface area contributed by atoms with E-state index >= 15 is 0 Å². The topological polar surface area (TPSA) is 59.1 Å². The number of unbranched alkanes of at least 4 members (excludes halogenated alkanes) is 2. The summed E-state index contributed by atoms with van der Waals surface area (Å²) in [7, 11) is -3.60. The van der Waals surface area contributed by atoms with Crippen molar-refractivity contribution < 1.29 is 8.42 Å². The van der Waals surface area contributed by atoms with Gasteiger partial charge in [-0.2, -0.15) is 0 Å². The van der Waals surface area contributed by atoms with E-state index in [9.17, 15) is 8.42 Å². The predicted octanol–water partition coefficient (Wildman–Crippen LogP) is 4.79. The van der Waals surface area contributed by atoms with Crippen molar-refractivity contribution in [1.82, 2.24) is 9.71 Å². The number of halogens is 2. The SMILES string of the molecule is CCCCC[C@@H](C)NS(=O)(=O)c1ccc2c(Cl)cnc(Cl)c2c1. The molecule has 126 valence electrons. The zero-order valence-electron chi connectivity index (χ0n) is 13.1. The lowest BCUT2D eigenvalue weighted by atomic mass is 10.1. The Kier molecular flexibility index (Phi) is 6.26. The van der Waals surface area contributed by atoms with Crippen molar-refractivity contribution in [2.75, 3.05) is 0 Å². The van der Waals surface area contributed by atoms with Gasteiger partial charge in [0.2, 0.25) is 10.0 Å². The molecule has 1 aromatic carbocycles. The van der Waals surface area contributed by atoms with E-state index in [1.54, 1.807) is 6.07 Å². The summed E-state index contributed by atoms with van der Waals surface area (Å²) < 4.78 is 27.7. The van der Waals surface area contributed by atoms with Gasteiger partial charge in [0.05, 0.1) is 9.92 Å². The zero-order valence-corrected chi connectivity index (χ0v) is 15.5. The van der Waals surface area contributed by atoms with Gasteiger partial charge in [-0.25, -0.2) is 18.1 Å². The molecule has 1 heterocycles. The van der Waals surface area contributed by atoms with Crippen LogP contribution in [0, 0.1) is 0 Å². The van der Waals surface area contributed by atoms with E-state index in [1.165, 1.54) is 18.3 Å². The van der Waals surface area contributed by atoms with E-state index in [1.807, 2.05) is 6.92 Å². The predicted molar refractivity (Wildman–Crippen MR) is 95.7 cm³/mol. The first-order valence-corrected chi connectivity index (χ1v) is 9.85. The first-order chi connectivity index (χ1) is 10.8. The van der Waals surface area contributed by atoms with Gasteiger partial charge in [0, 0.05) is 23.0 Å². The van der Waals surface area contributed by atoms with Crippen LogP contribution in [0.2, 0.25) is 10.2 Å². The number of nitrogens with one attached hydrogen (secondary N) is 1. The van der Waals surface area contributed by atoms with Crippen molar-refractivity contribution in [3.8, 4) is 0 Å². The molecule has 1 atom stereocenters. The number of hydrogen-bond acceptors (Lipinski definition) is 3. The van der Waals surface area contributed by atoms with Gasteiger partial charge in [-0.05, 0) is 25.5 Å². The summed E-state index contributed by atoms with van der Waals surface area (Å²) in [5.74, 6) is 0. The standard InChI is InChI=1S/C16H20Cl2N2O2S/c1-3-4-5-6-11(2)20-23(21,22)12-7-8-13-14(9-12)16(18)19-10-15(13)17/h7-11,20H,3-6H2,1-2H3/t11-/m1/s1. The Bertz CT molecular complexity index is 794. The van der Waals surface area contributed by atoms with Gasteiger partial charge in [0.15, 0.2) is 0 Å². The van der Waals surface area contributed by atoms with Crippen LogP contribution < -0.4 is 4.72 Å². The minimum Gasteiger partial charge on any atom is -0.242 e. The molecule has 1 aromatic heterocycles. The van der Waals surface area contributed by atoms with E-state index in [-0.39, 0.29) is 16.1 Å². The molecular formula is C16H20Cl2N2O2S. The first-order valence-electron chi connectivity index (χ1n) is 7.61. The molecular weight excluding hydrogens is 355 g/mol. The van der Waals surface area contributed by atoms with E-state index in [4.69, 9.17) is 23.2 Å². The third-order valence-corrected chi connectivity index (χ3v) is 5.86. The minimum absolute atomic E-state index is 0.116. The zero-order chi connectivity index (χ0) is 17.0. The van der Waals surface area contributed by atoms with Crippen molar-refractivity contribution in [3.05, 3.63) is 34.6 Å². The molecule has 0 bridgehead atoms. The van der Waals surface area contributed by atoms with Crippen LogP contribution in [-0.2, 0) is 10.0 Å². The summed E-state index contributed by atoms with van der Waals surface area (Å²) in [6, 6.07) is 4.58. The second-order valence-electron chi connectivity index (χ2n) is 5.62. The lowest BCUT2D eigenvalue weighted by Gasteiger charge is -2.14. The molecule has 0 fully saturated rings. The van der Waals surface area contributed by atoms with Crippen LogP contribution in [0.25, 0.3) is 10.8 Å². The van der Waals surface area contributed by atoms with Crippen LogP contribution >= 0.6 is 23.2 Å². The summed E-state index contributed by atoms with van der Waals surface area (Å²) in [5.41, 5.74) is 0. The molecule has 1 N–H and O–H groups in total. The van der Waals surface area contributed by atoms with Gasteiger partial charge in [-0.1, -0.05) is 55.5 Å². The van der Waals surface area contributed by atoms with Gasteiger partial charge in [0.25, 0.3) is 0 Å². The van der Waals surface area contributed by atoms with Crippen LogP contribution in [0.1, 0.15) is 39.5 Å². The van der Waals surface area contributed by atoms with Crippen LogP contribution in [0.5, 0.6) is 0 Å². The summed E-state index contributed by atoms with van der Waals surface area (Å²) in [6.07, 6.45) is 5.48. The molecule has 0 radical (unpaired) electrons. The fourth-order valence-electron chi connectivity index (χ4n) is 2.41. The van der Waals surface area contributed by atoms with E-state index < -0.39 is 10.0 Å². The van der Waals surface area contributed by atoms with Crippen LogP contribution in [0.3, 0.4) is 0 Å². The highest BCUT2D eigenvalue weighted by atomic mass is 35.5. The second kappa shape index (κ2) is 7.79. The fraction of sp³-hybridized carbons (Fsp3) is 0.438. The number of fused-ring (bicyclic) bond motifs is 1. The van der Waals surface area contributed by atoms with Crippen LogP contribution in [0.15, 0.2) is 29.3 Å². The maximum absolute atomic E-state index is 12.5. The molecule has 2 aromatic rings. The molecule has 23 heavy (non-hydrogen) atoms. The average Bonchev–Trinajstić information content (AvgIpc) is 2.50. The van der Waals surface area contributed by atoms with Gasteiger partial charge >= 0.3 is 0 Å². The van der Waals surface area contributed by atoms with E-state index in [0.717, 1.165) is 25.7 Å². The third kappa shape index (κ3) is 4.57. The maximum atomic E-state index is 12.5. The highest BCUT2D eigenvalue weighted by Crippen LogP contribution is 2.29. The summed E-state index contributed by atoms with van der Waals surface area (Å²) >= 11 is 12.1. The number of sulfonamides is 1. The van der Waals surface area contributed by atoms with Gasteiger partial charge < -0.3 is 0 Å². The molecule has 0 aliphatic rings. The van der Waals surface area contributed by atoms with Gasteiger partial charge in [0.1, 0.15) is 5.15 Å². The average molecular weight is 375 g/mol. The van der Waals surface area contributed by atoms with Crippen molar-refractivity contribution in [3.63, 3.8) is 0 Å². The normalized spacial score (nSPS) is 13.4. The Balaban J connectivity index is 2.26. The first kappa shape index (κ1) is 18.5. The molecule has 0 saturated carbocycles. The van der Waals surface area contributed by atoms with E-state index in [0.29, 0.717) is 15.8 Å². The van der Waals surface area contributed by atoms with Crippen LogP contribution in [0.4, 0.5) is 0 Å². The quantitative estimate of drug-likeness (QED) is 0.559. The summed E-state index contributed by atoms with van der Waals surface area (Å²) in [4.78, 5) is 4.12. The highest BCUT2D eigenvalue weighted by Gasteiger charge is 2.18. The van der Waals surface area contributed by atoms with E-state index in [2.05, 4.69) is 16.6 Å². The summed E-state index contributed by atoms with van der Waals surface area (Å²) in [5, 5.41) is 1.88. The minimum atomic E-state index is -3.60. The van der Waals surface area contributed by atoms with Gasteiger partial charge in [-0.3, -0.25) is 0 Å². The lowest BCUT2D eigenvalue weighted by Crippen LogP contribution is -2.32. The van der Waals surface area contributed by atoms with Crippen molar-refractivity contribution in [1.29, 1.82) is 0 Å². The third-order valence-electron chi connectivity index (χ3n) is 3.67. The van der Waals surface area contributed by atoms with Crippen molar-refractivity contribution >= 4 is 44.0 Å². The monoisotopic (exact) mass is 374 g/mol.